The van der Waals surface area contributed by atoms with E-state index in [1.165, 1.54) is 11.8 Å². The molecule has 3 aromatic carbocycles. The molecule has 0 bridgehead atoms. The van der Waals surface area contributed by atoms with E-state index in [0.29, 0.717) is 16.7 Å². The fourth-order valence-electron chi connectivity index (χ4n) is 3.27. The Morgan fingerprint density at radius 2 is 1.50 bits per heavy atom. The van der Waals surface area contributed by atoms with Crippen LogP contribution >= 0.6 is 11.8 Å². The zero-order chi connectivity index (χ0) is 23.5. The van der Waals surface area contributed by atoms with Crippen molar-refractivity contribution in [2.24, 2.45) is 0 Å². The molecule has 2 heterocycles. The first-order chi connectivity index (χ1) is 16.6. The molecular weight excluding hydrogens is 448 g/mol. The second kappa shape index (κ2) is 9.36. The first-order valence-electron chi connectivity index (χ1n) is 10.6. The number of aromatic nitrogens is 3. The molecule has 8 heteroatoms. The Labute approximate surface area is 200 Å². The lowest BCUT2D eigenvalue weighted by atomic mass is 10.1. The normalized spacial score (nSPS) is 10.9. The molecule has 1 N–H and O–H groups in total. The van der Waals surface area contributed by atoms with Gasteiger partial charge in [-0.15, -0.1) is 0 Å². The summed E-state index contributed by atoms with van der Waals surface area (Å²) in [6.45, 7) is 4.03. The van der Waals surface area contributed by atoms with Gasteiger partial charge in [0.1, 0.15) is 0 Å². The molecule has 34 heavy (non-hydrogen) atoms. The topological polar surface area (TPSA) is 94.1 Å². The van der Waals surface area contributed by atoms with Crippen LogP contribution in [0.5, 0.6) is 0 Å². The third kappa shape index (κ3) is 4.62. The molecule has 7 nitrogen and oxygen atoms in total. The summed E-state index contributed by atoms with van der Waals surface area (Å²) in [4.78, 5) is 18.8. The van der Waals surface area contributed by atoms with Gasteiger partial charge < -0.3 is 9.73 Å². The summed E-state index contributed by atoms with van der Waals surface area (Å²) >= 11 is 1.33. The molecule has 0 aliphatic heterocycles. The van der Waals surface area contributed by atoms with Crippen LogP contribution in [0.1, 0.15) is 21.6 Å². The molecule has 0 saturated heterocycles. The molecule has 0 aliphatic rings. The molecule has 1 amide bonds. The van der Waals surface area contributed by atoms with Crippen molar-refractivity contribution in [2.75, 3.05) is 5.32 Å². The van der Waals surface area contributed by atoms with Gasteiger partial charge in [0.2, 0.25) is 11.7 Å². The molecule has 0 saturated carbocycles. The van der Waals surface area contributed by atoms with E-state index in [-0.39, 0.29) is 11.5 Å². The first kappa shape index (κ1) is 21.7. The summed E-state index contributed by atoms with van der Waals surface area (Å²) in [5.41, 5.74) is 4.41. The fraction of sp³-hybridized carbons (Fsp3) is 0.0769. The summed E-state index contributed by atoms with van der Waals surface area (Å²) in [5.74, 6) is 0.105. The van der Waals surface area contributed by atoms with Gasteiger partial charge >= 0.3 is 0 Å². The van der Waals surface area contributed by atoms with Crippen molar-refractivity contribution in [3.63, 3.8) is 0 Å². The second-order valence-electron chi connectivity index (χ2n) is 7.72. The number of hydrogen-bond acceptors (Lipinski definition) is 7. The Balaban J connectivity index is 1.49. The van der Waals surface area contributed by atoms with E-state index in [1.807, 2.05) is 92.7 Å². The predicted octanol–water partition coefficient (Wildman–Crippen LogP) is 6.41. The maximum atomic E-state index is 13.3. The van der Waals surface area contributed by atoms with Gasteiger partial charge in [0, 0.05) is 16.0 Å². The monoisotopic (exact) mass is 468 g/mol. The van der Waals surface area contributed by atoms with Gasteiger partial charge in [0.05, 0.1) is 0 Å². The van der Waals surface area contributed by atoms with Crippen molar-refractivity contribution < 1.29 is 13.8 Å². The Morgan fingerprint density at radius 1 is 0.824 bits per heavy atom. The van der Waals surface area contributed by atoms with Crippen LogP contribution < -0.4 is 5.32 Å². The zero-order valence-electron chi connectivity index (χ0n) is 18.5. The molecule has 0 spiro atoms. The maximum absolute atomic E-state index is 13.3. The Bertz CT molecular complexity index is 1430. The smallest absolute Gasteiger partial charge is 0.280 e. The quantitative estimate of drug-likeness (QED) is 0.308. The number of oxazole rings is 1. The summed E-state index contributed by atoms with van der Waals surface area (Å²) in [5, 5.41) is 11.0. The minimum Gasteiger partial charge on any atom is -0.429 e. The lowest BCUT2D eigenvalue weighted by molar-refractivity contribution is 0.101. The number of rotatable bonds is 6. The van der Waals surface area contributed by atoms with Crippen LogP contribution in [0.2, 0.25) is 0 Å². The lowest BCUT2D eigenvalue weighted by Crippen LogP contribution is -2.14. The summed E-state index contributed by atoms with van der Waals surface area (Å²) < 4.78 is 11.0. The average molecular weight is 469 g/mol. The predicted molar refractivity (Wildman–Crippen MR) is 130 cm³/mol. The van der Waals surface area contributed by atoms with E-state index >= 15 is 0 Å². The molecule has 0 radical (unpaired) electrons. The number of hydrogen-bond donors (Lipinski definition) is 1. The number of aryl methyl sites for hydroxylation is 2. The molecule has 168 valence electrons. The molecule has 0 atom stereocenters. The van der Waals surface area contributed by atoms with Gasteiger partial charge in [0.25, 0.3) is 5.91 Å². The van der Waals surface area contributed by atoms with E-state index in [4.69, 9.17) is 9.05 Å². The maximum Gasteiger partial charge on any atom is 0.280 e. The molecule has 5 rings (SSSR count). The van der Waals surface area contributed by atoms with E-state index in [9.17, 15) is 4.79 Å². The van der Waals surface area contributed by atoms with Crippen molar-refractivity contribution in [3.8, 4) is 22.7 Å². The molecule has 5 aromatic rings. The summed E-state index contributed by atoms with van der Waals surface area (Å²) in [6, 6.07) is 25.1. The fourth-order valence-corrected chi connectivity index (χ4v) is 4.12. The molecule has 0 aliphatic carbocycles. The van der Waals surface area contributed by atoms with Gasteiger partial charge in [-0.1, -0.05) is 65.7 Å². The average Bonchev–Trinajstić information content (AvgIpc) is 3.49. The van der Waals surface area contributed by atoms with Crippen LogP contribution in [0.25, 0.3) is 22.7 Å². The van der Waals surface area contributed by atoms with Crippen molar-refractivity contribution >= 4 is 23.5 Å². The number of amides is 1. The van der Waals surface area contributed by atoms with Gasteiger partial charge in [-0.25, -0.2) is 9.61 Å². The standard InChI is InChI=1S/C26H20N4O3S/c1-16-8-12-19(13-9-16)25-27-22(26(32-25)34-20-14-10-17(2)11-15-20)24(31)28-23-21(29-33-30-23)18-6-4-3-5-7-18/h3-15H,1-2H3,(H,28,30,31). The highest BCUT2D eigenvalue weighted by Gasteiger charge is 2.24. The lowest BCUT2D eigenvalue weighted by Gasteiger charge is -2.03. The highest BCUT2D eigenvalue weighted by molar-refractivity contribution is 7.99. The van der Waals surface area contributed by atoms with Crippen molar-refractivity contribution in [1.82, 2.24) is 15.3 Å². The van der Waals surface area contributed by atoms with Crippen LogP contribution in [0.4, 0.5) is 5.82 Å². The van der Waals surface area contributed by atoms with Gasteiger partial charge in [-0.2, -0.15) is 0 Å². The van der Waals surface area contributed by atoms with Gasteiger partial charge in [0.15, 0.2) is 16.5 Å². The van der Waals surface area contributed by atoms with Crippen molar-refractivity contribution in [2.45, 2.75) is 23.8 Å². The third-order valence-corrected chi connectivity index (χ3v) is 6.08. The highest BCUT2D eigenvalue weighted by atomic mass is 32.2. The second-order valence-corrected chi connectivity index (χ2v) is 8.76. The van der Waals surface area contributed by atoms with E-state index in [0.717, 1.165) is 27.1 Å². The summed E-state index contributed by atoms with van der Waals surface area (Å²) in [7, 11) is 0. The Hall–Kier alpha value is -4.17. The minimum absolute atomic E-state index is 0.156. The number of benzene rings is 3. The molecule has 2 aromatic heterocycles. The van der Waals surface area contributed by atoms with E-state index in [2.05, 4.69) is 20.6 Å². The largest absolute Gasteiger partial charge is 0.429 e. The molecule has 0 unspecified atom stereocenters. The van der Waals surface area contributed by atoms with Gasteiger partial charge in [-0.05, 0) is 60.2 Å². The Kier molecular flexibility index (Phi) is 5.97. The number of anilines is 1. The van der Waals surface area contributed by atoms with Gasteiger partial charge in [-0.3, -0.25) is 4.79 Å². The minimum atomic E-state index is -0.468. The van der Waals surface area contributed by atoms with Crippen LogP contribution in [0.3, 0.4) is 0 Å². The van der Waals surface area contributed by atoms with Crippen molar-refractivity contribution in [1.29, 1.82) is 0 Å². The zero-order valence-corrected chi connectivity index (χ0v) is 19.3. The first-order valence-corrected chi connectivity index (χ1v) is 11.4. The van der Waals surface area contributed by atoms with Crippen LogP contribution in [0.15, 0.2) is 97.9 Å². The van der Waals surface area contributed by atoms with Crippen LogP contribution in [-0.2, 0) is 0 Å². The van der Waals surface area contributed by atoms with Crippen LogP contribution in [-0.4, -0.2) is 21.2 Å². The molecule has 0 fully saturated rings. The molecular formula is C26H20N4O3S. The number of nitrogens with zero attached hydrogens (tertiary/aromatic N) is 3. The summed E-state index contributed by atoms with van der Waals surface area (Å²) in [6.07, 6.45) is 0. The number of carbonyl (C=O) groups excluding carboxylic acids is 1. The van der Waals surface area contributed by atoms with E-state index in [1.54, 1.807) is 0 Å². The SMILES string of the molecule is Cc1ccc(Sc2oc(-c3ccc(C)cc3)nc2C(=O)Nc2nonc2-c2ccccc2)cc1. The third-order valence-electron chi connectivity index (χ3n) is 5.11. The van der Waals surface area contributed by atoms with E-state index < -0.39 is 5.91 Å². The van der Waals surface area contributed by atoms with Crippen molar-refractivity contribution in [3.05, 3.63) is 95.7 Å². The Morgan fingerprint density at radius 3 is 2.21 bits per heavy atom. The number of nitrogens with one attached hydrogen (secondary N) is 1. The van der Waals surface area contributed by atoms with Crippen LogP contribution in [0, 0.1) is 13.8 Å². The highest BCUT2D eigenvalue weighted by Crippen LogP contribution is 2.35. The number of carbonyl (C=O) groups is 1.